The third kappa shape index (κ3) is 26.9. The molecule has 5 heterocycles. The molecule has 13 aromatic rings. The van der Waals surface area contributed by atoms with Crippen LogP contribution in [0.15, 0.2) is 406 Å². The van der Waals surface area contributed by atoms with Gasteiger partial charge in [-0.05, 0) is 84.2 Å². The summed E-state index contributed by atoms with van der Waals surface area (Å²) in [5.74, 6) is -1.91. The van der Waals surface area contributed by atoms with Crippen molar-refractivity contribution in [1.29, 1.82) is 0 Å². The van der Waals surface area contributed by atoms with Crippen molar-refractivity contribution in [2.24, 2.45) is 0 Å². The van der Waals surface area contributed by atoms with Crippen molar-refractivity contribution >= 4 is 42.4 Å². The molecule has 0 aliphatic carbocycles. The maximum atomic E-state index is 15.9. The monoisotopic (exact) mass is 1990 g/mol. The van der Waals surface area contributed by atoms with Gasteiger partial charge in [-0.2, -0.15) is 0 Å². The van der Waals surface area contributed by atoms with E-state index < -0.39 is 167 Å². The summed E-state index contributed by atoms with van der Waals surface area (Å²) in [5.41, 5.74) is 6.31. The number of carbonyl (C=O) groups is 2. The zero-order valence-corrected chi connectivity index (χ0v) is 83.2. The molecule has 5 fully saturated rings. The van der Waals surface area contributed by atoms with E-state index in [9.17, 15) is 5.11 Å². The first-order chi connectivity index (χ1) is 71.2. The molecule has 0 saturated carbocycles. The minimum Gasteiger partial charge on any atom is -0.459 e. The highest BCUT2D eigenvalue weighted by Gasteiger charge is 2.60. The van der Waals surface area contributed by atoms with Gasteiger partial charge < -0.3 is 99.5 Å². The van der Waals surface area contributed by atoms with Crippen molar-refractivity contribution in [1.82, 2.24) is 0 Å². The lowest BCUT2D eigenvalue weighted by molar-refractivity contribution is -0.388. The van der Waals surface area contributed by atoms with Gasteiger partial charge in [0.05, 0.1) is 83.8 Å². The van der Waals surface area contributed by atoms with Gasteiger partial charge in [0.15, 0.2) is 25.2 Å². The van der Waals surface area contributed by atoms with E-state index in [1.165, 1.54) is 23.9 Å². The lowest BCUT2D eigenvalue weighted by atomic mass is 9.95. The second-order valence-corrected chi connectivity index (χ2v) is 42.9. The molecule has 5 aliphatic heterocycles. The normalized spacial score (nSPS) is 25.3. The molecule has 0 aromatic heterocycles. The SMILES string of the molecule is C=CCOC1O[C@H](CO[Si](c2ccccc2)(c2ccccc2)C(C)(C)C)[C@@H](O[C@H]2O[C@H](COC(=O)c3ccccc3C(=O)OC[C@H]3O[C@@H](Sc4ccccc4)[C@H](OCc4ccccc4)[C@@H](OCc4ccccc4)[C@@H]3O[C@H]3O[C@@H]4CO[C@@H](c5ccccc5)O[C@H]4[C@H](OCc4ccccc4)[C@H]3OCc3ccccc3)[C@@H](O)[C@H](OCc3ccccc3)[C@H]2OCc2ccccc2)[C@H](OCc2ccccc2)[C@H]1OCc1ccccc1. The molecule has 0 amide bonds. The van der Waals surface area contributed by atoms with Gasteiger partial charge in [0.25, 0.3) is 8.32 Å². The molecule has 5 saturated heterocycles. The second-order valence-electron chi connectivity index (χ2n) is 37.4. The first kappa shape index (κ1) is 103. The Morgan fingerprint density at radius 1 is 0.345 bits per heavy atom. The third-order valence-electron chi connectivity index (χ3n) is 26.4. The number of hydrogen-bond acceptors (Lipinski definition) is 24. The highest BCUT2D eigenvalue weighted by molar-refractivity contribution is 7.99. The Balaban J connectivity index is 0.693. The van der Waals surface area contributed by atoms with E-state index in [4.69, 9.17) is 94.4 Å². The molecule has 13 aromatic carbocycles. The Morgan fingerprint density at radius 2 is 0.669 bits per heavy atom. The lowest BCUT2D eigenvalue weighted by Crippen LogP contribution is -2.69. The number of aliphatic hydroxyl groups excluding tert-OH is 1. The number of aliphatic hydroxyl groups is 1. The average Bonchev–Trinajstić information content (AvgIpc) is 0.738. The summed E-state index contributed by atoms with van der Waals surface area (Å²) in [6.45, 7) is 10.1. The number of fused-ring (bicyclic) bond motifs is 1. The number of ether oxygens (including phenoxy) is 19. The van der Waals surface area contributed by atoms with Crippen LogP contribution in [0.3, 0.4) is 0 Å². The molecular formula is C120H124O23SSi. The smallest absolute Gasteiger partial charge is 0.339 e. The molecule has 25 heteroatoms. The topological polar surface area (TPSA) is 239 Å². The van der Waals surface area contributed by atoms with Gasteiger partial charge in [-0.1, -0.05) is 403 Å². The zero-order chi connectivity index (χ0) is 99.4. The van der Waals surface area contributed by atoms with Crippen molar-refractivity contribution in [3.8, 4) is 0 Å². The number of rotatable bonds is 45. The fourth-order valence-electron chi connectivity index (χ4n) is 19.1. The van der Waals surface area contributed by atoms with Crippen molar-refractivity contribution in [2.45, 2.75) is 212 Å². The van der Waals surface area contributed by atoms with Crippen LogP contribution < -0.4 is 10.4 Å². The molecule has 21 atom stereocenters. The highest BCUT2D eigenvalue weighted by atomic mass is 32.2. The van der Waals surface area contributed by atoms with E-state index in [0.717, 1.165) is 65.3 Å². The summed E-state index contributed by atoms with van der Waals surface area (Å²) < 4.78 is 144. The number of carbonyl (C=O) groups excluding carboxylic acids is 2. The van der Waals surface area contributed by atoms with Gasteiger partial charge >= 0.3 is 11.9 Å². The van der Waals surface area contributed by atoms with Crippen LogP contribution in [0, 0.1) is 0 Å². The van der Waals surface area contributed by atoms with Gasteiger partial charge in [0.2, 0.25) is 0 Å². The van der Waals surface area contributed by atoms with Crippen molar-refractivity contribution in [3.63, 3.8) is 0 Å². The van der Waals surface area contributed by atoms with Crippen molar-refractivity contribution < 1.29 is 109 Å². The van der Waals surface area contributed by atoms with Crippen LogP contribution in [-0.4, -0.2) is 180 Å². The molecule has 1 unspecified atom stereocenters. The molecule has 0 radical (unpaired) electrons. The standard InChI is InChI=1S/C120H124O23SSi/c1-5-70-124-116-110(130-76-88-54-28-11-29-55-88)106(126-72-84-46-20-7-21-47-84)104(100(138-116)82-136-145(120(2,3)4,93-64-38-16-39-65-93)94-66-40-17-41-67-94)143-117-109(129-75-87-52-26-10-27-53-87)105(125-71-83-44-18-6-19-45-83)101(121)97(137-117)79-133-113(122)95-68-42-43-69-96(95)114(123)134-80-99-103(108(128-74-86-50-24-9-25-51-86)112(132-78-90-58-32-13-33-59-90)119(140-99)144-92-62-36-15-37-63-92)142-118-111(131-77-89-56-30-12-31-57-89)107(127-73-85-48-22-8-23-49-85)102-98(139-118)81-135-115(141-102)91-60-34-14-35-61-91/h5-69,97-112,115-119,121H,1,70-82H2,2-4H3/t97-,98-,99-,100-,101-,102-,103-,104-,105+,106+,107+,108+,109-,110-,111-,112-,115-,116?,117-,118-,119+/m1/s1. The Kier molecular flexibility index (Phi) is 36.8. The molecule has 23 nitrogen and oxygen atoms in total. The summed E-state index contributed by atoms with van der Waals surface area (Å²) in [6.07, 6.45) is -21.3. The summed E-state index contributed by atoms with van der Waals surface area (Å²) in [5, 5.41) is 14.9. The van der Waals surface area contributed by atoms with Crippen LogP contribution in [-0.2, 0) is 147 Å². The van der Waals surface area contributed by atoms with Crippen molar-refractivity contribution in [2.75, 3.05) is 33.0 Å². The first-order valence-corrected chi connectivity index (χ1v) is 52.3. The third-order valence-corrected chi connectivity index (χ3v) is 32.6. The van der Waals surface area contributed by atoms with E-state index in [1.54, 1.807) is 18.2 Å². The molecule has 1 N–H and O–H groups in total. The van der Waals surface area contributed by atoms with E-state index in [1.807, 2.05) is 340 Å². The van der Waals surface area contributed by atoms with Gasteiger partial charge in [-0.3, -0.25) is 0 Å². The molecular weight excluding hydrogens is 1870 g/mol. The molecule has 5 aliphatic rings. The summed E-state index contributed by atoms with van der Waals surface area (Å²) in [6, 6.07) is 124. The molecule has 0 spiro atoms. The largest absolute Gasteiger partial charge is 0.459 e. The lowest BCUT2D eigenvalue weighted by Gasteiger charge is -2.51. The van der Waals surface area contributed by atoms with Crippen LogP contribution in [0.4, 0.5) is 0 Å². The number of esters is 2. The van der Waals surface area contributed by atoms with E-state index >= 15 is 9.59 Å². The van der Waals surface area contributed by atoms with E-state index in [0.29, 0.717) is 0 Å². The summed E-state index contributed by atoms with van der Waals surface area (Å²) in [7, 11) is -3.43. The predicted molar refractivity (Wildman–Crippen MR) is 550 cm³/mol. The van der Waals surface area contributed by atoms with Crippen LogP contribution in [0.25, 0.3) is 0 Å². The summed E-state index contributed by atoms with van der Waals surface area (Å²) >= 11 is 1.41. The summed E-state index contributed by atoms with van der Waals surface area (Å²) in [4.78, 5) is 32.4. The molecule has 18 rings (SSSR count). The number of benzene rings is 13. The van der Waals surface area contributed by atoms with Crippen LogP contribution in [0.5, 0.6) is 0 Å². The first-order valence-electron chi connectivity index (χ1n) is 49.5. The predicted octanol–water partition coefficient (Wildman–Crippen LogP) is 19.4. The van der Waals surface area contributed by atoms with Gasteiger partial charge in [0.1, 0.15) is 116 Å². The maximum Gasteiger partial charge on any atom is 0.339 e. The maximum absolute atomic E-state index is 15.9. The number of thioether (sulfide) groups is 1. The molecule has 752 valence electrons. The molecule has 145 heavy (non-hydrogen) atoms. The Bertz CT molecular complexity index is 6020. The highest BCUT2D eigenvalue weighted by Crippen LogP contribution is 2.46. The van der Waals surface area contributed by atoms with Crippen molar-refractivity contribution in [3.05, 3.63) is 462 Å². The number of hydrogen-bond donors (Lipinski definition) is 1. The van der Waals surface area contributed by atoms with E-state index in [-0.39, 0.29) is 83.8 Å². The quantitative estimate of drug-likeness (QED) is 0.0212. The average molecular weight is 1990 g/mol. The van der Waals surface area contributed by atoms with E-state index in [2.05, 4.69) is 51.6 Å². The fourth-order valence-corrected chi connectivity index (χ4v) is 24.9. The van der Waals surface area contributed by atoms with Gasteiger partial charge in [-0.15, -0.1) is 6.58 Å². The van der Waals surface area contributed by atoms with Gasteiger partial charge in [0, 0.05) is 10.5 Å². The second kappa shape index (κ2) is 51.6. The fraction of sp³-hybridized carbons (Fsp3) is 0.317. The minimum atomic E-state index is -3.43. The Labute approximate surface area is 853 Å². The Hall–Kier alpha value is -11.7. The Morgan fingerprint density at radius 3 is 1.08 bits per heavy atom. The van der Waals surface area contributed by atoms with Crippen LogP contribution >= 0.6 is 11.8 Å². The molecule has 0 bridgehead atoms. The van der Waals surface area contributed by atoms with Gasteiger partial charge in [-0.25, -0.2) is 9.59 Å². The minimum absolute atomic E-state index is 0.0112. The van der Waals surface area contributed by atoms with Crippen LogP contribution in [0.1, 0.15) is 97.8 Å². The van der Waals surface area contributed by atoms with Crippen LogP contribution in [0.2, 0.25) is 5.04 Å². The zero-order valence-electron chi connectivity index (χ0n) is 81.4.